The molecule has 0 fully saturated rings. The van der Waals surface area contributed by atoms with Crippen LogP contribution in [-0.4, -0.2) is 24.0 Å². The van der Waals surface area contributed by atoms with Crippen molar-refractivity contribution in [3.05, 3.63) is 24.0 Å². The van der Waals surface area contributed by atoms with Crippen LogP contribution < -0.4 is 4.74 Å². The summed E-state index contributed by atoms with van der Waals surface area (Å²) in [7, 11) is 0. The van der Waals surface area contributed by atoms with E-state index in [2.05, 4.69) is 4.98 Å². The molecule has 1 rings (SSSR count). The van der Waals surface area contributed by atoms with Gasteiger partial charge in [-0.3, -0.25) is 4.79 Å². The molecule has 0 N–H and O–H groups in total. The van der Waals surface area contributed by atoms with Crippen LogP contribution in [0.4, 0.5) is 4.39 Å². The summed E-state index contributed by atoms with van der Waals surface area (Å²) < 4.78 is 17.9. The Hall–Kier alpha value is -1.45. The standard InChI is InChI=1S/C10H12FNO2/c1-2-8(11)7-14-10-4-3-9(6-13)12-5-10/h3-6,8H,2,7H2,1H3. The second-order valence-electron chi connectivity index (χ2n) is 2.85. The van der Waals surface area contributed by atoms with E-state index in [0.29, 0.717) is 24.2 Å². The Morgan fingerprint density at radius 1 is 1.64 bits per heavy atom. The number of aldehydes is 1. The molecule has 0 aromatic carbocycles. The number of hydrogen-bond donors (Lipinski definition) is 0. The number of hydrogen-bond acceptors (Lipinski definition) is 3. The molecule has 1 atom stereocenters. The molecule has 0 bridgehead atoms. The Balaban J connectivity index is 2.47. The lowest BCUT2D eigenvalue weighted by Crippen LogP contribution is -2.11. The first-order valence-electron chi connectivity index (χ1n) is 4.44. The zero-order valence-corrected chi connectivity index (χ0v) is 7.94. The van der Waals surface area contributed by atoms with Gasteiger partial charge >= 0.3 is 0 Å². The molecular weight excluding hydrogens is 185 g/mol. The fraction of sp³-hybridized carbons (Fsp3) is 0.400. The first kappa shape index (κ1) is 10.6. The van der Waals surface area contributed by atoms with E-state index in [1.54, 1.807) is 13.0 Å². The van der Waals surface area contributed by atoms with Crippen molar-refractivity contribution in [2.75, 3.05) is 6.61 Å². The molecule has 0 amide bonds. The van der Waals surface area contributed by atoms with Gasteiger partial charge in [-0.05, 0) is 18.6 Å². The minimum absolute atomic E-state index is 0.0264. The van der Waals surface area contributed by atoms with E-state index in [4.69, 9.17) is 4.74 Å². The molecular formula is C10H12FNO2. The highest BCUT2D eigenvalue weighted by Crippen LogP contribution is 2.09. The number of rotatable bonds is 5. The SMILES string of the molecule is CCC(F)COc1ccc(C=O)nc1. The Bertz CT molecular complexity index is 287. The second-order valence-corrected chi connectivity index (χ2v) is 2.85. The van der Waals surface area contributed by atoms with Crippen LogP contribution in [0.15, 0.2) is 18.3 Å². The number of carbonyl (C=O) groups excluding carboxylic acids is 1. The summed E-state index contributed by atoms with van der Waals surface area (Å²) in [5.74, 6) is 0.478. The fourth-order valence-electron chi connectivity index (χ4n) is 0.851. The third-order valence-corrected chi connectivity index (χ3v) is 1.75. The lowest BCUT2D eigenvalue weighted by atomic mass is 10.3. The topological polar surface area (TPSA) is 39.2 Å². The van der Waals surface area contributed by atoms with Crippen molar-refractivity contribution in [3.63, 3.8) is 0 Å². The molecule has 14 heavy (non-hydrogen) atoms. The summed E-state index contributed by atoms with van der Waals surface area (Å²) in [6.07, 6.45) is 1.53. The molecule has 1 unspecified atom stereocenters. The quantitative estimate of drug-likeness (QED) is 0.678. The number of nitrogens with zero attached hydrogens (tertiary/aromatic N) is 1. The normalized spacial score (nSPS) is 12.1. The van der Waals surface area contributed by atoms with E-state index in [-0.39, 0.29) is 6.61 Å². The molecule has 0 radical (unpaired) electrons. The van der Waals surface area contributed by atoms with Gasteiger partial charge in [-0.2, -0.15) is 0 Å². The average Bonchev–Trinajstić information content (AvgIpc) is 2.26. The minimum Gasteiger partial charge on any atom is -0.489 e. The maximum atomic E-state index is 12.8. The van der Waals surface area contributed by atoms with Crippen LogP contribution in [0.25, 0.3) is 0 Å². The highest BCUT2D eigenvalue weighted by molar-refractivity contribution is 5.71. The molecule has 0 saturated heterocycles. The molecule has 1 heterocycles. The monoisotopic (exact) mass is 197 g/mol. The lowest BCUT2D eigenvalue weighted by Gasteiger charge is -2.07. The van der Waals surface area contributed by atoms with Crippen molar-refractivity contribution in [1.29, 1.82) is 0 Å². The summed E-state index contributed by atoms with van der Waals surface area (Å²) in [4.78, 5) is 14.1. The van der Waals surface area contributed by atoms with Crippen molar-refractivity contribution in [2.45, 2.75) is 19.5 Å². The van der Waals surface area contributed by atoms with Gasteiger partial charge in [0.15, 0.2) is 6.29 Å². The van der Waals surface area contributed by atoms with Crippen molar-refractivity contribution in [3.8, 4) is 5.75 Å². The number of pyridine rings is 1. The molecule has 1 aromatic rings. The van der Waals surface area contributed by atoms with Crippen LogP contribution >= 0.6 is 0 Å². The predicted molar refractivity (Wildman–Crippen MR) is 50.3 cm³/mol. The van der Waals surface area contributed by atoms with Crippen LogP contribution in [0.2, 0.25) is 0 Å². The van der Waals surface area contributed by atoms with E-state index in [9.17, 15) is 9.18 Å². The van der Waals surface area contributed by atoms with Crippen molar-refractivity contribution >= 4 is 6.29 Å². The maximum absolute atomic E-state index is 12.8. The second kappa shape index (κ2) is 5.32. The molecule has 4 heteroatoms. The molecule has 1 aromatic heterocycles. The molecule has 0 saturated carbocycles. The van der Waals surface area contributed by atoms with Gasteiger partial charge in [0.2, 0.25) is 0 Å². The zero-order chi connectivity index (χ0) is 10.4. The van der Waals surface area contributed by atoms with E-state index in [1.165, 1.54) is 12.3 Å². The van der Waals surface area contributed by atoms with E-state index in [1.807, 2.05) is 0 Å². The minimum atomic E-state index is -0.958. The number of halogens is 1. The Morgan fingerprint density at radius 3 is 2.93 bits per heavy atom. The average molecular weight is 197 g/mol. The van der Waals surface area contributed by atoms with Crippen molar-refractivity contribution in [1.82, 2.24) is 4.98 Å². The predicted octanol–water partition coefficient (Wildman–Crippen LogP) is 2.02. The van der Waals surface area contributed by atoms with Gasteiger partial charge in [-0.1, -0.05) is 6.92 Å². The Morgan fingerprint density at radius 2 is 2.43 bits per heavy atom. The zero-order valence-electron chi connectivity index (χ0n) is 7.94. The van der Waals surface area contributed by atoms with Crippen LogP contribution in [0.1, 0.15) is 23.8 Å². The van der Waals surface area contributed by atoms with Crippen molar-refractivity contribution < 1.29 is 13.9 Å². The fourth-order valence-corrected chi connectivity index (χ4v) is 0.851. The van der Waals surface area contributed by atoms with Crippen LogP contribution in [0.3, 0.4) is 0 Å². The smallest absolute Gasteiger partial charge is 0.168 e. The molecule has 0 spiro atoms. The van der Waals surface area contributed by atoms with Crippen LogP contribution in [-0.2, 0) is 0 Å². The number of ether oxygens (including phenoxy) is 1. The molecule has 3 nitrogen and oxygen atoms in total. The van der Waals surface area contributed by atoms with Crippen LogP contribution in [0, 0.1) is 0 Å². The molecule has 76 valence electrons. The van der Waals surface area contributed by atoms with E-state index in [0.717, 1.165) is 0 Å². The largest absolute Gasteiger partial charge is 0.489 e. The van der Waals surface area contributed by atoms with E-state index < -0.39 is 6.17 Å². The molecule has 0 aliphatic heterocycles. The molecule has 0 aliphatic carbocycles. The van der Waals surface area contributed by atoms with Crippen LogP contribution in [0.5, 0.6) is 5.75 Å². The third kappa shape index (κ3) is 3.12. The van der Waals surface area contributed by atoms with E-state index >= 15 is 0 Å². The van der Waals surface area contributed by atoms with Crippen molar-refractivity contribution in [2.24, 2.45) is 0 Å². The third-order valence-electron chi connectivity index (χ3n) is 1.75. The summed E-state index contributed by atoms with van der Waals surface area (Å²) in [5, 5.41) is 0. The van der Waals surface area contributed by atoms with Gasteiger partial charge in [0.05, 0.1) is 6.20 Å². The lowest BCUT2D eigenvalue weighted by molar-refractivity contribution is 0.111. The summed E-state index contributed by atoms with van der Waals surface area (Å²) in [6.45, 7) is 1.78. The van der Waals surface area contributed by atoms with Gasteiger partial charge in [0.25, 0.3) is 0 Å². The summed E-state index contributed by atoms with van der Waals surface area (Å²) in [5.41, 5.74) is 0.338. The maximum Gasteiger partial charge on any atom is 0.168 e. The summed E-state index contributed by atoms with van der Waals surface area (Å²) >= 11 is 0. The van der Waals surface area contributed by atoms with Gasteiger partial charge in [-0.15, -0.1) is 0 Å². The highest BCUT2D eigenvalue weighted by Gasteiger charge is 2.03. The Labute approximate surface area is 81.9 Å². The number of alkyl halides is 1. The highest BCUT2D eigenvalue weighted by atomic mass is 19.1. The van der Waals surface area contributed by atoms with Gasteiger partial charge in [0.1, 0.15) is 24.2 Å². The Kier molecular flexibility index (Phi) is 4.04. The number of aromatic nitrogens is 1. The molecule has 0 aliphatic rings. The van der Waals surface area contributed by atoms with Gasteiger partial charge in [0, 0.05) is 0 Å². The van der Waals surface area contributed by atoms with Gasteiger partial charge in [-0.25, -0.2) is 9.37 Å². The van der Waals surface area contributed by atoms with Gasteiger partial charge < -0.3 is 4.74 Å². The summed E-state index contributed by atoms with van der Waals surface area (Å²) in [6, 6.07) is 3.13. The first-order chi connectivity index (χ1) is 6.76. The first-order valence-corrected chi connectivity index (χ1v) is 4.44. The number of carbonyl (C=O) groups is 1.